The third kappa shape index (κ3) is 1.92. The zero-order valence-corrected chi connectivity index (χ0v) is 13.6. The van der Waals surface area contributed by atoms with Gasteiger partial charge in [-0.15, -0.1) is 0 Å². The summed E-state index contributed by atoms with van der Waals surface area (Å²) in [5, 5.41) is 3.98. The minimum Gasteiger partial charge on any atom is -0.356 e. The van der Waals surface area contributed by atoms with E-state index in [1.807, 2.05) is 17.0 Å². The Morgan fingerprint density at radius 1 is 1.22 bits per heavy atom. The first-order chi connectivity index (χ1) is 11.0. The maximum absolute atomic E-state index is 12.7. The zero-order chi connectivity index (χ0) is 16.3. The number of H-pyrrole nitrogens is 1. The molecule has 2 amide bonds. The number of rotatable bonds is 1. The first-order valence-corrected chi connectivity index (χ1v) is 8.21. The molecule has 2 N–H and O–H groups in total. The van der Waals surface area contributed by atoms with E-state index in [2.05, 4.69) is 36.3 Å². The number of nitrogens with one attached hydrogen (secondary N) is 2. The van der Waals surface area contributed by atoms with E-state index in [9.17, 15) is 9.59 Å². The number of carbonyl (C=O) groups is 2. The van der Waals surface area contributed by atoms with Crippen LogP contribution in [0.15, 0.2) is 24.3 Å². The zero-order valence-electron chi connectivity index (χ0n) is 13.6. The van der Waals surface area contributed by atoms with E-state index in [4.69, 9.17) is 0 Å². The Bertz CT molecular complexity index is 808. The maximum Gasteiger partial charge on any atom is 0.246 e. The molecule has 4 rings (SSSR count). The maximum atomic E-state index is 12.7. The highest BCUT2D eigenvalue weighted by molar-refractivity contribution is 5.98. The van der Waals surface area contributed by atoms with Crippen LogP contribution < -0.4 is 5.32 Å². The molecule has 1 fully saturated rings. The molecule has 0 radical (unpaired) electrons. The second-order valence-electron chi connectivity index (χ2n) is 6.95. The molecule has 23 heavy (non-hydrogen) atoms. The summed E-state index contributed by atoms with van der Waals surface area (Å²) >= 11 is 0. The summed E-state index contributed by atoms with van der Waals surface area (Å²) in [6.07, 6.45) is 0.576. The number of fused-ring (bicyclic) bond motifs is 4. The quantitative estimate of drug-likeness (QED) is 0.847. The second kappa shape index (κ2) is 4.85. The number of benzene rings is 1. The first-order valence-electron chi connectivity index (χ1n) is 8.21. The van der Waals surface area contributed by atoms with E-state index < -0.39 is 12.1 Å². The molecule has 3 heterocycles. The number of para-hydroxylation sites is 1. The molecule has 2 aliphatic heterocycles. The van der Waals surface area contributed by atoms with Crippen LogP contribution in [0.3, 0.4) is 0 Å². The van der Waals surface area contributed by atoms with Gasteiger partial charge in [0, 0.05) is 23.0 Å². The highest BCUT2D eigenvalue weighted by atomic mass is 16.2. The molecule has 1 saturated heterocycles. The fourth-order valence-electron chi connectivity index (χ4n) is 4.08. The van der Waals surface area contributed by atoms with E-state index >= 15 is 0 Å². The molecule has 2 aliphatic rings. The van der Waals surface area contributed by atoms with Crippen LogP contribution in [0, 0.1) is 5.92 Å². The first kappa shape index (κ1) is 14.3. The summed E-state index contributed by atoms with van der Waals surface area (Å²) in [6, 6.07) is 7.21. The number of aromatic amines is 1. The van der Waals surface area contributed by atoms with Crippen molar-refractivity contribution in [3.63, 3.8) is 0 Å². The van der Waals surface area contributed by atoms with Crippen molar-refractivity contribution < 1.29 is 9.59 Å². The highest BCUT2D eigenvalue weighted by Gasteiger charge is 2.48. The van der Waals surface area contributed by atoms with Crippen molar-refractivity contribution in [1.29, 1.82) is 0 Å². The van der Waals surface area contributed by atoms with Gasteiger partial charge in [-0.05, 0) is 24.5 Å². The lowest BCUT2D eigenvalue weighted by molar-refractivity contribution is -0.154. The van der Waals surface area contributed by atoms with Gasteiger partial charge in [-0.1, -0.05) is 32.0 Å². The van der Waals surface area contributed by atoms with Gasteiger partial charge >= 0.3 is 0 Å². The van der Waals surface area contributed by atoms with Gasteiger partial charge in [-0.25, -0.2) is 0 Å². The third-order valence-corrected chi connectivity index (χ3v) is 5.09. The molecule has 120 valence electrons. The Morgan fingerprint density at radius 3 is 2.70 bits per heavy atom. The SMILES string of the molecule is CC1NC(=O)[C@@H]2Cc3c([nH]c4ccccc34)C(C(C)C)N2C1=O. The number of amides is 2. The van der Waals surface area contributed by atoms with E-state index in [1.54, 1.807) is 6.92 Å². The van der Waals surface area contributed by atoms with Gasteiger partial charge in [0.2, 0.25) is 11.8 Å². The Kier molecular flexibility index (Phi) is 3.01. The fourth-order valence-corrected chi connectivity index (χ4v) is 4.08. The van der Waals surface area contributed by atoms with E-state index in [-0.39, 0.29) is 23.8 Å². The minimum atomic E-state index is -0.453. The van der Waals surface area contributed by atoms with Crippen molar-refractivity contribution in [2.45, 2.75) is 45.3 Å². The average molecular weight is 311 g/mol. The predicted octanol–water partition coefficient (Wildman–Crippen LogP) is 2.14. The summed E-state index contributed by atoms with van der Waals surface area (Å²) in [5.41, 5.74) is 3.34. The summed E-state index contributed by atoms with van der Waals surface area (Å²) in [4.78, 5) is 30.6. The second-order valence-corrected chi connectivity index (χ2v) is 6.95. The monoisotopic (exact) mass is 311 g/mol. The smallest absolute Gasteiger partial charge is 0.246 e. The molecule has 0 spiro atoms. The molecule has 0 saturated carbocycles. The lowest BCUT2D eigenvalue weighted by Gasteiger charge is -2.47. The van der Waals surface area contributed by atoms with Gasteiger partial charge < -0.3 is 15.2 Å². The van der Waals surface area contributed by atoms with Crippen molar-refractivity contribution in [1.82, 2.24) is 15.2 Å². The van der Waals surface area contributed by atoms with Crippen LogP contribution in [0.4, 0.5) is 0 Å². The van der Waals surface area contributed by atoms with Crippen LogP contribution in [0.2, 0.25) is 0 Å². The molecule has 5 nitrogen and oxygen atoms in total. The molecule has 5 heteroatoms. The highest BCUT2D eigenvalue weighted by Crippen LogP contribution is 2.42. The van der Waals surface area contributed by atoms with Crippen LogP contribution >= 0.6 is 0 Å². The van der Waals surface area contributed by atoms with Gasteiger partial charge in [0.05, 0.1) is 6.04 Å². The van der Waals surface area contributed by atoms with Crippen LogP contribution in [-0.4, -0.2) is 33.8 Å². The number of hydrogen-bond donors (Lipinski definition) is 2. The number of aromatic nitrogens is 1. The Hall–Kier alpha value is -2.30. The third-order valence-electron chi connectivity index (χ3n) is 5.09. The van der Waals surface area contributed by atoms with Crippen LogP contribution in [0.1, 0.15) is 38.1 Å². The van der Waals surface area contributed by atoms with Crippen LogP contribution in [0.25, 0.3) is 10.9 Å². The Labute approximate surface area is 135 Å². The van der Waals surface area contributed by atoms with Gasteiger partial charge in [0.1, 0.15) is 12.1 Å². The Morgan fingerprint density at radius 2 is 1.96 bits per heavy atom. The van der Waals surface area contributed by atoms with Crippen molar-refractivity contribution in [3.8, 4) is 0 Å². The van der Waals surface area contributed by atoms with Crippen molar-refractivity contribution >= 4 is 22.7 Å². The van der Waals surface area contributed by atoms with E-state index in [0.717, 1.165) is 16.6 Å². The Balaban J connectivity index is 1.94. The molecular weight excluding hydrogens is 290 g/mol. The average Bonchev–Trinajstić information content (AvgIpc) is 2.88. The van der Waals surface area contributed by atoms with E-state index in [0.29, 0.717) is 6.42 Å². The lowest BCUT2D eigenvalue weighted by Crippen LogP contribution is -2.65. The standard InChI is InChI=1S/C18H21N3O2/c1-9(2)16-15-12(11-6-4-5-7-13(11)20-15)8-14-17(22)19-10(3)18(23)21(14)16/h4-7,9-10,14,16,20H,8H2,1-3H3,(H,19,22)/t10?,14-,16?/m0/s1. The fraction of sp³-hybridized carbons (Fsp3) is 0.444. The minimum absolute atomic E-state index is 0.0117. The molecule has 3 atom stereocenters. The number of hydrogen-bond acceptors (Lipinski definition) is 2. The van der Waals surface area contributed by atoms with Crippen LogP contribution in [-0.2, 0) is 16.0 Å². The van der Waals surface area contributed by atoms with Gasteiger partial charge in [0.25, 0.3) is 0 Å². The topological polar surface area (TPSA) is 65.2 Å². The normalized spacial score (nSPS) is 27.1. The molecule has 0 bridgehead atoms. The molecule has 0 aliphatic carbocycles. The van der Waals surface area contributed by atoms with Crippen molar-refractivity contribution in [2.75, 3.05) is 0 Å². The number of piperazine rings is 1. The summed E-state index contributed by atoms with van der Waals surface area (Å²) in [7, 11) is 0. The molecular formula is C18H21N3O2. The molecule has 1 aromatic heterocycles. The molecule has 2 unspecified atom stereocenters. The van der Waals surface area contributed by atoms with E-state index in [1.165, 1.54) is 5.56 Å². The summed E-state index contributed by atoms with van der Waals surface area (Å²) in [5.74, 6) is 0.197. The van der Waals surface area contributed by atoms with Gasteiger partial charge in [0.15, 0.2) is 0 Å². The summed E-state index contributed by atoms with van der Waals surface area (Å²) < 4.78 is 0. The van der Waals surface area contributed by atoms with Gasteiger partial charge in [-0.3, -0.25) is 9.59 Å². The van der Waals surface area contributed by atoms with Crippen LogP contribution in [0.5, 0.6) is 0 Å². The number of nitrogens with zero attached hydrogens (tertiary/aromatic N) is 1. The van der Waals surface area contributed by atoms with Crippen molar-refractivity contribution in [3.05, 3.63) is 35.5 Å². The molecule has 2 aromatic rings. The summed E-state index contributed by atoms with van der Waals surface area (Å²) in [6.45, 7) is 5.97. The lowest BCUT2D eigenvalue weighted by atomic mass is 9.84. The van der Waals surface area contributed by atoms with Gasteiger partial charge in [-0.2, -0.15) is 0 Å². The molecule has 1 aromatic carbocycles. The number of carbonyl (C=O) groups excluding carboxylic acids is 2. The largest absolute Gasteiger partial charge is 0.356 e. The van der Waals surface area contributed by atoms with Crippen molar-refractivity contribution in [2.24, 2.45) is 5.92 Å². The predicted molar refractivity (Wildman–Crippen MR) is 87.8 cm³/mol.